The molecule has 0 radical (unpaired) electrons. The highest BCUT2D eigenvalue weighted by atomic mass is 16.3. The molecule has 0 spiro atoms. The highest BCUT2D eigenvalue weighted by Crippen LogP contribution is 2.12. The second kappa shape index (κ2) is 5.13. The number of furan rings is 1. The molecular weight excluding hydrogens is 244 g/mol. The first kappa shape index (κ1) is 11.1. The summed E-state index contributed by atoms with van der Waals surface area (Å²) in [6, 6.07) is 13.2. The Labute approximate surface area is 108 Å². The fourth-order valence-corrected chi connectivity index (χ4v) is 1.46. The lowest BCUT2D eigenvalue weighted by atomic mass is 10.3. The maximum atomic E-state index is 5.14. The maximum absolute atomic E-state index is 5.14. The lowest BCUT2D eigenvalue weighted by molar-refractivity contribution is 0.558. The third-order valence-corrected chi connectivity index (χ3v) is 2.32. The molecule has 3 aromatic rings. The van der Waals surface area contributed by atoms with E-state index in [0.717, 1.165) is 5.69 Å². The van der Waals surface area contributed by atoms with Crippen LogP contribution < -0.4 is 5.32 Å². The fraction of sp³-hybridized carbons (Fsp3) is 0. The molecule has 3 rings (SSSR count). The number of rotatable bonds is 4. The van der Waals surface area contributed by atoms with Crippen LogP contribution in [0.4, 0.5) is 11.6 Å². The molecule has 1 N–H and O–H groups in total. The average molecular weight is 254 g/mol. The van der Waals surface area contributed by atoms with Crippen molar-refractivity contribution in [2.75, 3.05) is 5.32 Å². The molecule has 0 bridgehead atoms. The van der Waals surface area contributed by atoms with Gasteiger partial charge in [-0.3, -0.25) is 0 Å². The van der Waals surface area contributed by atoms with E-state index in [1.165, 1.54) is 11.0 Å². The first-order valence-electron chi connectivity index (χ1n) is 5.60. The van der Waals surface area contributed by atoms with Crippen molar-refractivity contribution in [3.8, 4) is 0 Å². The first-order chi connectivity index (χ1) is 9.42. The molecule has 2 heterocycles. The lowest BCUT2D eigenvalue weighted by Crippen LogP contribution is -2.00. The van der Waals surface area contributed by atoms with Crippen molar-refractivity contribution in [2.24, 2.45) is 5.10 Å². The van der Waals surface area contributed by atoms with E-state index in [0.29, 0.717) is 11.7 Å². The highest BCUT2D eigenvalue weighted by Gasteiger charge is 2.04. The predicted molar refractivity (Wildman–Crippen MR) is 69.2 cm³/mol. The van der Waals surface area contributed by atoms with E-state index in [-0.39, 0.29) is 0 Å². The van der Waals surface area contributed by atoms with E-state index in [1.807, 2.05) is 30.3 Å². The zero-order valence-corrected chi connectivity index (χ0v) is 9.84. The van der Waals surface area contributed by atoms with Crippen LogP contribution in [0.5, 0.6) is 0 Å². The van der Waals surface area contributed by atoms with E-state index >= 15 is 0 Å². The summed E-state index contributed by atoms with van der Waals surface area (Å²) in [7, 11) is 0. The molecule has 1 aromatic carbocycles. The Hall–Kier alpha value is -2.96. The molecule has 0 aliphatic heterocycles. The largest absolute Gasteiger partial charge is 0.463 e. The van der Waals surface area contributed by atoms with Crippen molar-refractivity contribution in [1.29, 1.82) is 0 Å². The van der Waals surface area contributed by atoms with Gasteiger partial charge in [0.15, 0.2) is 0 Å². The smallest absolute Gasteiger partial charge is 0.269 e. The molecule has 0 amide bonds. The van der Waals surface area contributed by atoms with Crippen molar-refractivity contribution in [2.45, 2.75) is 0 Å². The van der Waals surface area contributed by atoms with E-state index < -0.39 is 0 Å². The van der Waals surface area contributed by atoms with Crippen molar-refractivity contribution < 1.29 is 4.42 Å². The van der Waals surface area contributed by atoms with E-state index in [1.54, 1.807) is 18.4 Å². The first-order valence-corrected chi connectivity index (χ1v) is 5.60. The summed E-state index contributed by atoms with van der Waals surface area (Å²) in [6.45, 7) is 0. The molecule has 0 aliphatic carbocycles. The molecule has 7 heteroatoms. The lowest BCUT2D eigenvalue weighted by Gasteiger charge is -2.02. The minimum Gasteiger partial charge on any atom is -0.463 e. The number of tetrazole rings is 1. The molecule has 7 nitrogen and oxygen atoms in total. The molecule has 94 valence electrons. The Kier molecular flexibility index (Phi) is 3.01. The second-order valence-electron chi connectivity index (χ2n) is 3.64. The van der Waals surface area contributed by atoms with Crippen LogP contribution in [-0.2, 0) is 0 Å². The average Bonchev–Trinajstić information content (AvgIpc) is 3.09. The third kappa shape index (κ3) is 2.65. The predicted octanol–water partition coefficient (Wildman–Crippen LogP) is 1.89. The van der Waals surface area contributed by atoms with Gasteiger partial charge in [0, 0.05) is 5.69 Å². The van der Waals surface area contributed by atoms with Crippen LogP contribution in [0.3, 0.4) is 0 Å². The van der Waals surface area contributed by atoms with Gasteiger partial charge in [0.1, 0.15) is 5.76 Å². The Morgan fingerprint density at radius 2 is 2.05 bits per heavy atom. The standard InChI is InChI=1S/C12H10N6O/c1-2-5-10(6-3-1)14-12-15-16-17-18(12)13-9-11-7-4-8-19-11/h1-9H,(H,14,15,17)/b13-9+. The van der Waals surface area contributed by atoms with Gasteiger partial charge in [0.25, 0.3) is 5.95 Å². The van der Waals surface area contributed by atoms with Crippen LogP contribution in [0.2, 0.25) is 0 Å². The SMILES string of the molecule is C(=N\n1nnnc1Nc1ccccc1)/c1ccco1. The number of para-hydroxylation sites is 1. The summed E-state index contributed by atoms with van der Waals surface area (Å²) >= 11 is 0. The van der Waals surface area contributed by atoms with Crippen LogP contribution in [0, 0.1) is 0 Å². The fourth-order valence-electron chi connectivity index (χ4n) is 1.46. The third-order valence-electron chi connectivity index (χ3n) is 2.32. The molecule has 0 saturated carbocycles. The van der Waals surface area contributed by atoms with Gasteiger partial charge in [-0.15, -0.1) is 0 Å². The summed E-state index contributed by atoms with van der Waals surface area (Å²) in [4.78, 5) is 1.29. The van der Waals surface area contributed by atoms with Crippen molar-refractivity contribution in [1.82, 2.24) is 20.3 Å². The van der Waals surface area contributed by atoms with Crippen LogP contribution in [0.15, 0.2) is 58.2 Å². The van der Waals surface area contributed by atoms with Gasteiger partial charge in [-0.2, -0.15) is 5.10 Å². The Balaban J connectivity index is 1.79. The van der Waals surface area contributed by atoms with Gasteiger partial charge in [-0.25, -0.2) is 0 Å². The highest BCUT2D eigenvalue weighted by molar-refractivity contribution is 5.75. The molecule has 0 saturated heterocycles. The van der Waals surface area contributed by atoms with Crippen molar-refractivity contribution >= 4 is 17.9 Å². The number of nitrogens with zero attached hydrogens (tertiary/aromatic N) is 5. The van der Waals surface area contributed by atoms with Gasteiger partial charge >= 0.3 is 0 Å². The molecule has 2 aromatic heterocycles. The Morgan fingerprint density at radius 3 is 2.84 bits per heavy atom. The molecule has 0 unspecified atom stereocenters. The summed E-state index contributed by atoms with van der Waals surface area (Å²) in [6.07, 6.45) is 3.11. The van der Waals surface area contributed by atoms with Gasteiger partial charge in [-0.05, 0) is 34.7 Å². The van der Waals surface area contributed by atoms with E-state index in [4.69, 9.17) is 4.42 Å². The Bertz CT molecular complexity index is 659. The number of hydrogen-bond acceptors (Lipinski definition) is 6. The molecular formula is C12H10N6O. The monoisotopic (exact) mass is 254 g/mol. The minimum absolute atomic E-state index is 0.425. The number of hydrogen-bond donors (Lipinski definition) is 1. The Morgan fingerprint density at radius 1 is 1.16 bits per heavy atom. The van der Waals surface area contributed by atoms with Crippen LogP contribution >= 0.6 is 0 Å². The van der Waals surface area contributed by atoms with Crippen LogP contribution in [0.1, 0.15) is 5.76 Å². The molecule has 0 fully saturated rings. The number of aromatic nitrogens is 4. The number of benzene rings is 1. The van der Waals surface area contributed by atoms with Gasteiger partial charge in [-0.1, -0.05) is 28.1 Å². The van der Waals surface area contributed by atoms with Gasteiger partial charge in [0.2, 0.25) is 0 Å². The topological polar surface area (TPSA) is 81.1 Å². The summed E-state index contributed by atoms with van der Waals surface area (Å²) < 4.78 is 5.14. The van der Waals surface area contributed by atoms with E-state index in [9.17, 15) is 0 Å². The molecule has 0 atom stereocenters. The van der Waals surface area contributed by atoms with Crippen molar-refractivity contribution in [3.05, 3.63) is 54.5 Å². The quantitative estimate of drug-likeness (QED) is 0.719. The zero-order chi connectivity index (χ0) is 12.9. The van der Waals surface area contributed by atoms with Crippen molar-refractivity contribution in [3.63, 3.8) is 0 Å². The summed E-state index contributed by atoms with van der Waals surface area (Å²) in [5, 5.41) is 18.4. The normalized spacial score (nSPS) is 10.9. The number of anilines is 2. The minimum atomic E-state index is 0.425. The van der Waals surface area contributed by atoms with Crippen LogP contribution in [0.25, 0.3) is 0 Å². The molecule has 19 heavy (non-hydrogen) atoms. The number of nitrogens with one attached hydrogen (secondary N) is 1. The summed E-state index contributed by atoms with van der Waals surface area (Å²) in [5.41, 5.74) is 0.881. The van der Waals surface area contributed by atoms with Gasteiger partial charge in [0.05, 0.1) is 12.5 Å². The zero-order valence-electron chi connectivity index (χ0n) is 9.84. The van der Waals surface area contributed by atoms with Gasteiger partial charge < -0.3 is 9.73 Å². The summed E-state index contributed by atoms with van der Waals surface area (Å²) in [5.74, 6) is 1.05. The maximum Gasteiger partial charge on any atom is 0.269 e. The second-order valence-corrected chi connectivity index (χ2v) is 3.64. The van der Waals surface area contributed by atoms with E-state index in [2.05, 4.69) is 25.9 Å². The van der Waals surface area contributed by atoms with Crippen LogP contribution in [-0.4, -0.2) is 26.5 Å². The molecule has 0 aliphatic rings.